The lowest BCUT2D eigenvalue weighted by atomic mass is 10.1. The van der Waals surface area contributed by atoms with Gasteiger partial charge in [0, 0.05) is 32.4 Å². The summed E-state index contributed by atoms with van der Waals surface area (Å²) in [5, 5.41) is 3.30. The van der Waals surface area contributed by atoms with Crippen molar-refractivity contribution in [3.63, 3.8) is 0 Å². The molecule has 1 aliphatic rings. The van der Waals surface area contributed by atoms with Gasteiger partial charge < -0.3 is 16.0 Å². The van der Waals surface area contributed by atoms with E-state index < -0.39 is 0 Å². The molecule has 0 fully saturated rings. The van der Waals surface area contributed by atoms with Crippen LogP contribution in [0.5, 0.6) is 0 Å². The molecule has 1 aromatic heterocycles. The Bertz CT molecular complexity index is 835. The van der Waals surface area contributed by atoms with E-state index in [4.69, 9.17) is 5.73 Å². The van der Waals surface area contributed by atoms with Crippen molar-refractivity contribution in [3.05, 3.63) is 83.0 Å². The van der Waals surface area contributed by atoms with Crippen LogP contribution in [0.3, 0.4) is 0 Å². The maximum absolute atomic E-state index is 5.63. The Labute approximate surface area is 147 Å². The van der Waals surface area contributed by atoms with Crippen molar-refractivity contribution in [1.82, 2.24) is 9.97 Å². The van der Waals surface area contributed by atoms with Gasteiger partial charge in [-0.1, -0.05) is 48.5 Å². The van der Waals surface area contributed by atoms with Gasteiger partial charge in [-0.3, -0.25) is 0 Å². The first-order chi connectivity index (χ1) is 12.3. The van der Waals surface area contributed by atoms with Crippen LogP contribution in [0.1, 0.15) is 22.3 Å². The van der Waals surface area contributed by atoms with E-state index in [2.05, 4.69) is 68.7 Å². The van der Waals surface area contributed by atoms with Gasteiger partial charge in [0.1, 0.15) is 5.82 Å². The van der Waals surface area contributed by atoms with Crippen LogP contribution in [0, 0.1) is 0 Å². The van der Waals surface area contributed by atoms with Gasteiger partial charge in [0.25, 0.3) is 0 Å². The van der Waals surface area contributed by atoms with Crippen molar-refractivity contribution in [3.8, 4) is 0 Å². The minimum atomic E-state index is 0.567. The summed E-state index contributed by atoms with van der Waals surface area (Å²) in [6.45, 7) is 3.05. The summed E-state index contributed by atoms with van der Waals surface area (Å²) in [5.74, 6) is 1.60. The predicted octanol–water partition coefficient (Wildman–Crippen LogP) is 3.07. The topological polar surface area (TPSA) is 67.1 Å². The molecule has 0 radical (unpaired) electrons. The van der Waals surface area contributed by atoms with Crippen LogP contribution >= 0.6 is 0 Å². The highest BCUT2D eigenvalue weighted by atomic mass is 15.2. The Hall–Kier alpha value is -2.92. The zero-order chi connectivity index (χ0) is 17.1. The van der Waals surface area contributed by atoms with Crippen molar-refractivity contribution >= 4 is 11.8 Å². The zero-order valence-electron chi connectivity index (χ0n) is 14.0. The van der Waals surface area contributed by atoms with E-state index in [-0.39, 0.29) is 0 Å². The molecule has 0 saturated carbocycles. The second kappa shape index (κ2) is 6.91. The van der Waals surface area contributed by atoms with E-state index in [1.165, 1.54) is 16.7 Å². The molecule has 0 spiro atoms. The smallest absolute Gasteiger partial charge is 0.224 e. The summed E-state index contributed by atoms with van der Waals surface area (Å²) in [7, 11) is 0. The van der Waals surface area contributed by atoms with Gasteiger partial charge in [0.2, 0.25) is 5.95 Å². The second-order valence-corrected chi connectivity index (χ2v) is 6.24. The van der Waals surface area contributed by atoms with E-state index in [1.807, 2.05) is 12.3 Å². The highest BCUT2D eigenvalue weighted by Gasteiger charge is 2.19. The van der Waals surface area contributed by atoms with Crippen molar-refractivity contribution in [1.29, 1.82) is 0 Å². The molecule has 25 heavy (non-hydrogen) atoms. The zero-order valence-corrected chi connectivity index (χ0v) is 14.0. The SMILES string of the molecule is NCc1ccc(CNc2nccc(N3Cc4ccccc4C3)n2)cc1. The van der Waals surface area contributed by atoms with E-state index in [1.54, 1.807) is 0 Å². The van der Waals surface area contributed by atoms with E-state index in [0.29, 0.717) is 19.0 Å². The summed E-state index contributed by atoms with van der Waals surface area (Å²) in [6.07, 6.45) is 1.81. The Balaban J connectivity index is 1.43. The number of nitrogens with two attached hydrogens (primary N) is 1. The fourth-order valence-electron chi connectivity index (χ4n) is 3.08. The predicted molar refractivity (Wildman–Crippen MR) is 100 cm³/mol. The van der Waals surface area contributed by atoms with Crippen LogP contribution in [0.4, 0.5) is 11.8 Å². The van der Waals surface area contributed by atoms with Gasteiger partial charge in [-0.05, 0) is 28.3 Å². The minimum absolute atomic E-state index is 0.567. The normalized spacial score (nSPS) is 12.9. The van der Waals surface area contributed by atoms with Crippen molar-refractivity contribution in [2.24, 2.45) is 5.73 Å². The van der Waals surface area contributed by atoms with E-state index in [0.717, 1.165) is 24.5 Å². The molecule has 0 atom stereocenters. The second-order valence-electron chi connectivity index (χ2n) is 6.24. The largest absolute Gasteiger partial charge is 0.350 e. The number of aromatic nitrogens is 2. The fourth-order valence-corrected chi connectivity index (χ4v) is 3.08. The number of fused-ring (bicyclic) bond motifs is 1. The third-order valence-electron chi connectivity index (χ3n) is 4.51. The lowest BCUT2D eigenvalue weighted by Gasteiger charge is -2.17. The van der Waals surface area contributed by atoms with E-state index >= 15 is 0 Å². The van der Waals surface area contributed by atoms with E-state index in [9.17, 15) is 0 Å². The molecule has 0 bridgehead atoms. The Morgan fingerprint density at radius 2 is 1.60 bits per heavy atom. The first kappa shape index (κ1) is 15.6. The molecule has 4 rings (SSSR count). The molecule has 0 saturated heterocycles. The van der Waals surface area contributed by atoms with Gasteiger partial charge in [0.15, 0.2) is 0 Å². The average molecular weight is 331 g/mol. The van der Waals surface area contributed by atoms with Crippen LogP contribution in [-0.4, -0.2) is 9.97 Å². The summed E-state index contributed by atoms with van der Waals surface area (Å²) < 4.78 is 0. The van der Waals surface area contributed by atoms with Crippen LogP contribution in [0.15, 0.2) is 60.8 Å². The molecular weight excluding hydrogens is 310 g/mol. The van der Waals surface area contributed by atoms with Gasteiger partial charge in [-0.15, -0.1) is 0 Å². The number of hydrogen-bond acceptors (Lipinski definition) is 5. The Morgan fingerprint density at radius 3 is 2.28 bits per heavy atom. The molecule has 3 N–H and O–H groups in total. The minimum Gasteiger partial charge on any atom is -0.350 e. The molecule has 126 valence electrons. The summed E-state index contributed by atoms with van der Waals surface area (Å²) in [6, 6.07) is 18.8. The van der Waals surface area contributed by atoms with Crippen LogP contribution in [0.2, 0.25) is 0 Å². The number of benzene rings is 2. The number of nitrogens with one attached hydrogen (secondary N) is 1. The van der Waals surface area contributed by atoms with Gasteiger partial charge in [-0.2, -0.15) is 4.98 Å². The Kier molecular flexibility index (Phi) is 4.31. The first-order valence-corrected chi connectivity index (χ1v) is 8.48. The molecule has 2 heterocycles. The van der Waals surface area contributed by atoms with Crippen LogP contribution < -0.4 is 16.0 Å². The summed E-state index contributed by atoms with van der Waals surface area (Å²) >= 11 is 0. The third kappa shape index (κ3) is 3.46. The molecule has 0 aliphatic carbocycles. The lowest BCUT2D eigenvalue weighted by Crippen LogP contribution is -2.17. The average Bonchev–Trinajstić information content (AvgIpc) is 3.11. The number of nitrogens with zero attached hydrogens (tertiary/aromatic N) is 3. The lowest BCUT2D eigenvalue weighted by molar-refractivity contribution is 0.850. The molecule has 0 amide bonds. The standard InChI is InChI=1S/C20H21N5/c21-11-15-5-7-16(8-6-15)12-23-20-22-10-9-19(24-20)25-13-17-3-1-2-4-18(17)14-25/h1-10H,11-14,21H2,(H,22,23,24). The maximum atomic E-state index is 5.63. The molecule has 3 aromatic rings. The van der Waals surface area contributed by atoms with Crippen molar-refractivity contribution in [2.45, 2.75) is 26.2 Å². The number of rotatable bonds is 5. The Morgan fingerprint density at radius 1 is 0.920 bits per heavy atom. The van der Waals surface area contributed by atoms with Crippen LogP contribution in [-0.2, 0) is 26.2 Å². The monoisotopic (exact) mass is 331 g/mol. The molecule has 5 heteroatoms. The molecule has 2 aromatic carbocycles. The fraction of sp³-hybridized carbons (Fsp3) is 0.200. The van der Waals surface area contributed by atoms with Gasteiger partial charge in [0.05, 0.1) is 0 Å². The van der Waals surface area contributed by atoms with Crippen molar-refractivity contribution < 1.29 is 0 Å². The molecule has 1 aliphatic heterocycles. The van der Waals surface area contributed by atoms with Crippen molar-refractivity contribution in [2.75, 3.05) is 10.2 Å². The quantitative estimate of drug-likeness (QED) is 0.752. The molecule has 0 unspecified atom stereocenters. The maximum Gasteiger partial charge on any atom is 0.224 e. The molecular formula is C20H21N5. The van der Waals surface area contributed by atoms with Gasteiger partial charge in [-0.25, -0.2) is 4.98 Å². The highest BCUT2D eigenvalue weighted by molar-refractivity contribution is 5.49. The van der Waals surface area contributed by atoms with Gasteiger partial charge >= 0.3 is 0 Å². The number of anilines is 2. The third-order valence-corrected chi connectivity index (χ3v) is 4.51. The number of hydrogen-bond donors (Lipinski definition) is 2. The first-order valence-electron chi connectivity index (χ1n) is 8.48. The summed E-state index contributed by atoms with van der Waals surface area (Å²) in [5.41, 5.74) is 10.7. The molecule has 5 nitrogen and oxygen atoms in total. The highest BCUT2D eigenvalue weighted by Crippen LogP contribution is 2.26. The van der Waals surface area contributed by atoms with Crippen LogP contribution in [0.25, 0.3) is 0 Å². The summed E-state index contributed by atoms with van der Waals surface area (Å²) in [4.78, 5) is 11.3.